The van der Waals surface area contributed by atoms with Crippen LogP contribution in [0, 0.1) is 5.92 Å². The second-order valence-electron chi connectivity index (χ2n) is 5.70. The van der Waals surface area contributed by atoms with Gasteiger partial charge in [0.25, 0.3) is 0 Å². The average molecular weight is 292 g/mol. The number of esters is 1. The highest BCUT2D eigenvalue weighted by molar-refractivity contribution is 5.82. The van der Waals surface area contributed by atoms with Gasteiger partial charge in [0.15, 0.2) is 0 Å². The standard InChI is InChI=1S/C16H24N2O3/c1-4-8-20-15(19)10-18-9-14(11(2)3)21-13-7-5-6-12(17)16(13)18/h5-7,11,14H,4,8-10,17H2,1-3H3. The zero-order valence-corrected chi connectivity index (χ0v) is 13.0. The predicted molar refractivity (Wildman–Crippen MR) is 83.6 cm³/mol. The van der Waals surface area contributed by atoms with Crippen LogP contribution in [-0.2, 0) is 9.53 Å². The first-order valence-corrected chi connectivity index (χ1v) is 7.48. The Kier molecular flexibility index (Phi) is 4.94. The number of nitrogens with zero attached hydrogens (tertiary/aromatic N) is 1. The van der Waals surface area contributed by atoms with Crippen LogP contribution in [0.15, 0.2) is 18.2 Å². The van der Waals surface area contributed by atoms with Crippen molar-refractivity contribution in [1.82, 2.24) is 0 Å². The molecule has 0 bridgehead atoms. The molecule has 116 valence electrons. The van der Waals surface area contributed by atoms with E-state index in [9.17, 15) is 4.79 Å². The Morgan fingerprint density at radius 3 is 2.95 bits per heavy atom. The summed E-state index contributed by atoms with van der Waals surface area (Å²) in [5.41, 5.74) is 7.47. The molecule has 1 aromatic rings. The number of hydrogen-bond acceptors (Lipinski definition) is 5. The van der Waals surface area contributed by atoms with Crippen LogP contribution >= 0.6 is 0 Å². The molecule has 1 aromatic carbocycles. The van der Waals surface area contributed by atoms with E-state index in [2.05, 4.69) is 13.8 Å². The first-order valence-electron chi connectivity index (χ1n) is 7.48. The Hall–Kier alpha value is -1.91. The SMILES string of the molecule is CCCOC(=O)CN1CC(C(C)C)Oc2cccc(N)c21. The Balaban J connectivity index is 2.21. The van der Waals surface area contributed by atoms with E-state index in [0.29, 0.717) is 24.8 Å². The molecule has 1 aliphatic rings. The van der Waals surface area contributed by atoms with Crippen LogP contribution in [0.5, 0.6) is 5.75 Å². The second kappa shape index (κ2) is 6.70. The van der Waals surface area contributed by atoms with Crippen LogP contribution < -0.4 is 15.4 Å². The summed E-state index contributed by atoms with van der Waals surface area (Å²) in [5, 5.41) is 0. The van der Waals surface area contributed by atoms with Crippen LogP contribution in [-0.4, -0.2) is 31.8 Å². The molecule has 0 radical (unpaired) electrons. The van der Waals surface area contributed by atoms with Gasteiger partial charge in [-0.1, -0.05) is 26.8 Å². The van der Waals surface area contributed by atoms with Gasteiger partial charge < -0.3 is 20.1 Å². The first kappa shape index (κ1) is 15.5. The Morgan fingerprint density at radius 2 is 2.29 bits per heavy atom. The molecule has 1 heterocycles. The topological polar surface area (TPSA) is 64.8 Å². The van der Waals surface area contributed by atoms with E-state index in [1.807, 2.05) is 30.0 Å². The van der Waals surface area contributed by atoms with Crippen molar-refractivity contribution in [3.8, 4) is 5.75 Å². The third kappa shape index (κ3) is 3.60. The molecule has 2 rings (SSSR count). The highest BCUT2D eigenvalue weighted by atomic mass is 16.5. The first-order chi connectivity index (χ1) is 10.0. The number of anilines is 2. The van der Waals surface area contributed by atoms with Gasteiger partial charge in [-0.3, -0.25) is 4.79 Å². The Bertz CT molecular complexity index is 502. The summed E-state index contributed by atoms with van der Waals surface area (Å²) in [6.45, 7) is 7.48. The lowest BCUT2D eigenvalue weighted by molar-refractivity contribution is -0.142. The summed E-state index contributed by atoms with van der Waals surface area (Å²) in [6, 6.07) is 5.58. The average Bonchev–Trinajstić information content (AvgIpc) is 2.44. The fraction of sp³-hybridized carbons (Fsp3) is 0.562. The van der Waals surface area contributed by atoms with Crippen molar-refractivity contribution in [3.05, 3.63) is 18.2 Å². The van der Waals surface area contributed by atoms with Crippen molar-refractivity contribution in [1.29, 1.82) is 0 Å². The quantitative estimate of drug-likeness (QED) is 0.667. The van der Waals surface area contributed by atoms with Gasteiger partial charge in [0.1, 0.15) is 24.1 Å². The maximum Gasteiger partial charge on any atom is 0.325 e. The summed E-state index contributed by atoms with van der Waals surface area (Å²) >= 11 is 0. The molecular formula is C16H24N2O3. The maximum atomic E-state index is 11.9. The number of fused-ring (bicyclic) bond motifs is 1. The Morgan fingerprint density at radius 1 is 1.52 bits per heavy atom. The summed E-state index contributed by atoms with van der Waals surface area (Å²) in [5.74, 6) is 0.868. The molecule has 2 N–H and O–H groups in total. The van der Waals surface area contributed by atoms with Gasteiger partial charge in [-0.2, -0.15) is 0 Å². The smallest absolute Gasteiger partial charge is 0.325 e. The summed E-state index contributed by atoms with van der Waals surface area (Å²) in [4.78, 5) is 13.9. The number of hydrogen-bond donors (Lipinski definition) is 1. The number of carbonyl (C=O) groups is 1. The summed E-state index contributed by atoms with van der Waals surface area (Å²) in [6.07, 6.45) is 0.862. The van der Waals surface area contributed by atoms with Crippen molar-refractivity contribution in [2.45, 2.75) is 33.3 Å². The number of benzene rings is 1. The van der Waals surface area contributed by atoms with Gasteiger partial charge in [-0.25, -0.2) is 0 Å². The molecule has 21 heavy (non-hydrogen) atoms. The van der Waals surface area contributed by atoms with E-state index >= 15 is 0 Å². The molecule has 0 saturated carbocycles. The van der Waals surface area contributed by atoms with Gasteiger partial charge in [0.2, 0.25) is 0 Å². The molecule has 1 atom stereocenters. The van der Waals surface area contributed by atoms with Crippen LogP contribution in [0.3, 0.4) is 0 Å². The monoisotopic (exact) mass is 292 g/mol. The number of carbonyl (C=O) groups excluding carboxylic acids is 1. The fourth-order valence-corrected chi connectivity index (χ4v) is 2.39. The number of nitrogen functional groups attached to an aromatic ring is 1. The molecule has 1 aliphatic heterocycles. The lowest BCUT2D eigenvalue weighted by atomic mass is 10.0. The van der Waals surface area contributed by atoms with Crippen molar-refractivity contribution < 1.29 is 14.3 Å². The maximum absolute atomic E-state index is 11.9. The van der Waals surface area contributed by atoms with Crippen LogP contribution in [0.2, 0.25) is 0 Å². The van der Waals surface area contributed by atoms with E-state index < -0.39 is 0 Å². The van der Waals surface area contributed by atoms with Gasteiger partial charge in [-0.15, -0.1) is 0 Å². The molecule has 0 aliphatic carbocycles. The highest BCUT2D eigenvalue weighted by Crippen LogP contribution is 2.39. The number of para-hydroxylation sites is 1. The van der Waals surface area contributed by atoms with Gasteiger partial charge in [-0.05, 0) is 24.5 Å². The fourth-order valence-electron chi connectivity index (χ4n) is 2.39. The third-order valence-corrected chi connectivity index (χ3v) is 3.56. The van der Waals surface area contributed by atoms with E-state index in [1.165, 1.54) is 0 Å². The largest absolute Gasteiger partial charge is 0.486 e. The normalized spacial score (nSPS) is 17.3. The second-order valence-corrected chi connectivity index (χ2v) is 5.70. The number of ether oxygens (including phenoxy) is 2. The van der Waals surface area contributed by atoms with E-state index in [-0.39, 0.29) is 18.6 Å². The molecule has 0 fully saturated rings. The van der Waals surface area contributed by atoms with E-state index in [4.69, 9.17) is 15.2 Å². The lowest BCUT2D eigenvalue weighted by Gasteiger charge is -2.38. The van der Waals surface area contributed by atoms with Crippen molar-refractivity contribution >= 4 is 17.3 Å². The van der Waals surface area contributed by atoms with Gasteiger partial charge >= 0.3 is 5.97 Å². The van der Waals surface area contributed by atoms with E-state index in [0.717, 1.165) is 17.9 Å². The van der Waals surface area contributed by atoms with Crippen molar-refractivity contribution in [3.63, 3.8) is 0 Å². The molecule has 5 nitrogen and oxygen atoms in total. The molecule has 0 amide bonds. The zero-order chi connectivity index (χ0) is 15.4. The van der Waals surface area contributed by atoms with Crippen LogP contribution in [0.4, 0.5) is 11.4 Å². The van der Waals surface area contributed by atoms with Crippen molar-refractivity contribution in [2.75, 3.05) is 30.3 Å². The highest BCUT2D eigenvalue weighted by Gasteiger charge is 2.30. The van der Waals surface area contributed by atoms with Gasteiger partial charge in [0, 0.05) is 0 Å². The van der Waals surface area contributed by atoms with E-state index in [1.54, 1.807) is 0 Å². The molecule has 1 unspecified atom stereocenters. The van der Waals surface area contributed by atoms with Gasteiger partial charge in [0.05, 0.1) is 18.8 Å². The minimum absolute atomic E-state index is 0.0401. The Labute approximate surface area is 126 Å². The zero-order valence-electron chi connectivity index (χ0n) is 13.0. The number of nitrogens with two attached hydrogens (primary N) is 1. The number of rotatable bonds is 5. The van der Waals surface area contributed by atoms with Crippen LogP contribution in [0.1, 0.15) is 27.2 Å². The molecule has 0 aromatic heterocycles. The summed E-state index contributed by atoms with van der Waals surface area (Å²) in [7, 11) is 0. The molecule has 0 saturated heterocycles. The third-order valence-electron chi connectivity index (χ3n) is 3.56. The summed E-state index contributed by atoms with van der Waals surface area (Å²) < 4.78 is 11.2. The predicted octanol–water partition coefficient (Wildman–Crippen LogP) is 2.45. The minimum Gasteiger partial charge on any atom is -0.486 e. The van der Waals surface area contributed by atoms with Crippen molar-refractivity contribution in [2.24, 2.45) is 5.92 Å². The minimum atomic E-state index is -0.226. The molecule has 5 heteroatoms. The van der Waals surface area contributed by atoms with Crippen LogP contribution in [0.25, 0.3) is 0 Å². The lowest BCUT2D eigenvalue weighted by Crippen LogP contribution is -2.45. The molecular weight excluding hydrogens is 268 g/mol. The molecule has 0 spiro atoms.